The van der Waals surface area contributed by atoms with E-state index in [1.165, 1.54) is 10.9 Å². The Morgan fingerprint density at radius 3 is 3.00 bits per heavy atom. The number of aromatic nitrogens is 1. The molecule has 5 rings (SSSR count). The van der Waals surface area contributed by atoms with Crippen LogP contribution in [0.25, 0.3) is 10.9 Å². The Kier molecular flexibility index (Phi) is 3.08. The quantitative estimate of drug-likeness (QED) is 0.815. The number of nitrogens with one attached hydrogen (secondary N) is 1. The fourth-order valence-corrected chi connectivity index (χ4v) is 4.80. The number of H-pyrrole nitrogens is 1. The monoisotopic (exact) mass is 336 g/mol. The number of benzene rings is 1. The first-order valence-electron chi connectivity index (χ1n) is 8.90. The van der Waals surface area contributed by atoms with E-state index in [2.05, 4.69) is 23.2 Å². The molecule has 0 aliphatic carbocycles. The van der Waals surface area contributed by atoms with Gasteiger partial charge in [0.05, 0.1) is 23.8 Å². The second-order valence-corrected chi connectivity index (χ2v) is 7.30. The van der Waals surface area contributed by atoms with E-state index < -0.39 is 0 Å². The average molecular weight is 336 g/mol. The number of carbonyl (C=O) groups excluding carboxylic acids is 2. The van der Waals surface area contributed by atoms with Gasteiger partial charge in [0.1, 0.15) is 12.4 Å². The van der Waals surface area contributed by atoms with E-state index in [1.807, 2.05) is 17.9 Å². The zero-order valence-electron chi connectivity index (χ0n) is 14.1. The molecule has 4 unspecified atom stereocenters. The van der Waals surface area contributed by atoms with E-state index in [9.17, 15) is 9.59 Å². The summed E-state index contributed by atoms with van der Waals surface area (Å²) < 4.78 is 5.57. The Balaban J connectivity index is 1.62. The molecule has 5 nitrogen and oxygen atoms in total. The normalized spacial score (nSPS) is 30.8. The maximum Gasteiger partial charge on any atom is 0.253 e. The maximum absolute atomic E-state index is 13.0. The van der Waals surface area contributed by atoms with Crippen molar-refractivity contribution in [3.05, 3.63) is 47.4 Å². The smallest absolute Gasteiger partial charge is 0.253 e. The van der Waals surface area contributed by atoms with Crippen molar-refractivity contribution in [3.8, 4) is 0 Å². The highest BCUT2D eigenvalue weighted by Gasteiger charge is 2.47. The Morgan fingerprint density at radius 2 is 2.16 bits per heavy atom. The molecule has 0 spiro atoms. The van der Waals surface area contributed by atoms with Crippen molar-refractivity contribution in [3.63, 3.8) is 0 Å². The van der Waals surface area contributed by atoms with Crippen LogP contribution in [0.3, 0.4) is 0 Å². The second-order valence-electron chi connectivity index (χ2n) is 7.30. The van der Waals surface area contributed by atoms with Crippen LogP contribution < -0.4 is 0 Å². The predicted octanol–water partition coefficient (Wildman–Crippen LogP) is 2.73. The van der Waals surface area contributed by atoms with Crippen LogP contribution >= 0.6 is 0 Å². The van der Waals surface area contributed by atoms with Gasteiger partial charge in [0.2, 0.25) is 0 Å². The largest absolute Gasteiger partial charge is 0.497 e. The van der Waals surface area contributed by atoms with Gasteiger partial charge in [0, 0.05) is 29.1 Å². The van der Waals surface area contributed by atoms with Gasteiger partial charge in [-0.1, -0.05) is 18.2 Å². The van der Waals surface area contributed by atoms with Crippen LogP contribution in [0, 0.1) is 11.8 Å². The molecule has 4 heterocycles. The van der Waals surface area contributed by atoms with Gasteiger partial charge >= 0.3 is 0 Å². The van der Waals surface area contributed by atoms with Crippen molar-refractivity contribution in [2.45, 2.75) is 31.9 Å². The number of carbonyl (C=O) groups is 2. The lowest BCUT2D eigenvalue weighted by molar-refractivity contribution is -0.137. The molecule has 0 radical (unpaired) electrons. The SMILES string of the molecule is CC1OC=C2C(=O)N3CCc4c([nH]c5ccccc45)C3CC2C1C=O. The number of ether oxygens (including phenoxy) is 1. The summed E-state index contributed by atoms with van der Waals surface area (Å²) in [7, 11) is 0. The third-order valence-corrected chi connectivity index (χ3v) is 6.12. The molecule has 4 atom stereocenters. The third kappa shape index (κ3) is 1.95. The number of para-hydroxylation sites is 1. The topological polar surface area (TPSA) is 62.4 Å². The number of rotatable bonds is 1. The van der Waals surface area contributed by atoms with Crippen molar-refractivity contribution in [2.24, 2.45) is 11.8 Å². The van der Waals surface area contributed by atoms with Gasteiger partial charge in [-0.15, -0.1) is 0 Å². The van der Waals surface area contributed by atoms with Gasteiger partial charge in [-0.05, 0) is 31.4 Å². The molecule has 3 aliphatic heterocycles. The van der Waals surface area contributed by atoms with E-state index in [-0.39, 0.29) is 29.9 Å². The van der Waals surface area contributed by atoms with E-state index >= 15 is 0 Å². The molecule has 1 aromatic heterocycles. The van der Waals surface area contributed by atoms with Crippen molar-refractivity contribution < 1.29 is 14.3 Å². The van der Waals surface area contributed by atoms with Gasteiger partial charge < -0.3 is 19.4 Å². The van der Waals surface area contributed by atoms with E-state index in [0.717, 1.165) is 30.3 Å². The predicted molar refractivity (Wildman–Crippen MR) is 92.7 cm³/mol. The zero-order valence-corrected chi connectivity index (χ0v) is 14.1. The summed E-state index contributed by atoms with van der Waals surface area (Å²) >= 11 is 0. The number of piperidine rings is 1. The van der Waals surface area contributed by atoms with Crippen molar-refractivity contribution in [1.29, 1.82) is 0 Å². The molecule has 128 valence electrons. The summed E-state index contributed by atoms with van der Waals surface area (Å²) in [6, 6.07) is 8.31. The molecule has 3 aliphatic rings. The van der Waals surface area contributed by atoms with Gasteiger partial charge in [-0.3, -0.25) is 4.79 Å². The molecule has 1 saturated heterocycles. The highest BCUT2D eigenvalue weighted by atomic mass is 16.5. The number of aromatic amines is 1. The van der Waals surface area contributed by atoms with Crippen molar-refractivity contribution >= 4 is 23.1 Å². The number of nitrogens with zero attached hydrogens (tertiary/aromatic N) is 1. The number of fused-ring (bicyclic) bond motifs is 6. The molecule has 1 fully saturated rings. The number of hydrogen-bond acceptors (Lipinski definition) is 3. The lowest BCUT2D eigenvalue weighted by Crippen LogP contribution is -2.50. The highest BCUT2D eigenvalue weighted by molar-refractivity contribution is 5.96. The fourth-order valence-electron chi connectivity index (χ4n) is 4.80. The molecule has 0 bridgehead atoms. The standard InChI is InChI=1S/C20H20N2O3/c1-11-15(9-23)14-8-18-19-13(12-4-2-3-5-17(12)21-19)6-7-22(18)20(24)16(14)10-25-11/h2-5,9-11,14-15,18,21H,6-8H2,1H3. The van der Waals surface area contributed by atoms with Crippen molar-refractivity contribution in [1.82, 2.24) is 9.88 Å². The van der Waals surface area contributed by atoms with Crippen LogP contribution in [0.2, 0.25) is 0 Å². The molecule has 1 aromatic carbocycles. The summed E-state index contributed by atoms with van der Waals surface area (Å²) in [5, 5.41) is 1.25. The summed E-state index contributed by atoms with van der Waals surface area (Å²) in [6.07, 6.45) is 3.99. The summed E-state index contributed by atoms with van der Waals surface area (Å²) in [4.78, 5) is 30.2. The van der Waals surface area contributed by atoms with E-state index in [0.29, 0.717) is 12.1 Å². The molecule has 1 amide bonds. The van der Waals surface area contributed by atoms with Gasteiger partial charge in [0.15, 0.2) is 0 Å². The van der Waals surface area contributed by atoms with E-state index in [1.54, 1.807) is 6.26 Å². The second kappa shape index (κ2) is 5.22. The molecule has 1 N–H and O–H groups in total. The van der Waals surface area contributed by atoms with Gasteiger partial charge in [0.25, 0.3) is 5.91 Å². The lowest BCUT2D eigenvalue weighted by atomic mass is 9.73. The Hall–Kier alpha value is -2.56. The third-order valence-electron chi connectivity index (χ3n) is 6.12. The molecule has 2 aromatic rings. The molecule has 0 saturated carbocycles. The van der Waals surface area contributed by atoms with Crippen LogP contribution in [0.5, 0.6) is 0 Å². The summed E-state index contributed by atoms with van der Waals surface area (Å²) in [5.41, 5.74) is 4.24. The number of hydrogen-bond donors (Lipinski definition) is 1. The Bertz CT molecular complexity index is 913. The first-order valence-corrected chi connectivity index (χ1v) is 8.90. The molecular formula is C20H20N2O3. The number of amides is 1. The van der Waals surface area contributed by atoms with Crippen LogP contribution in [-0.2, 0) is 20.7 Å². The Morgan fingerprint density at radius 1 is 1.32 bits per heavy atom. The highest BCUT2D eigenvalue weighted by Crippen LogP contribution is 2.47. The first kappa shape index (κ1) is 14.8. The van der Waals surface area contributed by atoms with E-state index in [4.69, 9.17) is 4.74 Å². The molecule has 5 heteroatoms. The first-order chi connectivity index (χ1) is 12.2. The van der Waals surface area contributed by atoms with Gasteiger partial charge in [-0.2, -0.15) is 0 Å². The Labute approximate surface area is 145 Å². The van der Waals surface area contributed by atoms with Crippen molar-refractivity contribution in [2.75, 3.05) is 6.54 Å². The minimum atomic E-state index is -0.263. The zero-order chi connectivity index (χ0) is 17.1. The maximum atomic E-state index is 13.0. The lowest BCUT2D eigenvalue weighted by Gasteiger charge is -2.46. The minimum absolute atomic E-state index is 0.0125. The molecular weight excluding hydrogens is 316 g/mol. The average Bonchev–Trinajstić information content (AvgIpc) is 3.01. The molecule has 25 heavy (non-hydrogen) atoms. The van der Waals surface area contributed by atoms with Crippen LogP contribution in [-0.4, -0.2) is 34.7 Å². The van der Waals surface area contributed by atoms with Crippen LogP contribution in [0.1, 0.15) is 30.6 Å². The number of aldehydes is 1. The summed E-state index contributed by atoms with van der Waals surface area (Å²) in [5.74, 6) is -0.308. The van der Waals surface area contributed by atoms with Crippen LogP contribution in [0.15, 0.2) is 36.1 Å². The fraction of sp³-hybridized carbons (Fsp3) is 0.400. The summed E-state index contributed by atoms with van der Waals surface area (Å²) in [6.45, 7) is 2.61. The van der Waals surface area contributed by atoms with Crippen LogP contribution in [0.4, 0.5) is 0 Å². The van der Waals surface area contributed by atoms with Gasteiger partial charge in [-0.25, -0.2) is 0 Å². The minimum Gasteiger partial charge on any atom is -0.497 e.